The first-order chi connectivity index (χ1) is 29.7. The molecule has 0 aliphatic rings. The fourth-order valence-electron chi connectivity index (χ4n) is 8.65. The average molecular weight is 787 g/mol. The maximum Gasteiger partial charge on any atom is 0.227 e. The highest BCUT2D eigenvalue weighted by molar-refractivity contribution is 7.26. The zero-order valence-electron chi connectivity index (χ0n) is 32.2. The van der Waals surface area contributed by atoms with Gasteiger partial charge in [0.15, 0.2) is 5.58 Å². The normalized spacial score (nSPS) is 11.7. The Morgan fingerprint density at radius 2 is 1.02 bits per heavy atom. The summed E-state index contributed by atoms with van der Waals surface area (Å²) < 4.78 is 15.4. The molecule has 5 heteroatoms. The smallest absolute Gasteiger partial charge is 0.227 e. The Labute approximate surface area is 349 Å². The first-order valence-electron chi connectivity index (χ1n) is 20.1. The molecule has 0 saturated heterocycles. The van der Waals surface area contributed by atoms with Crippen LogP contribution < -0.4 is 4.90 Å². The van der Waals surface area contributed by atoms with Gasteiger partial charge in [0.2, 0.25) is 5.89 Å². The lowest BCUT2D eigenvalue weighted by molar-refractivity contribution is 0.620. The zero-order valence-corrected chi connectivity index (χ0v) is 33.1. The van der Waals surface area contributed by atoms with Gasteiger partial charge in [-0.15, -0.1) is 11.3 Å². The molecule has 0 fully saturated rings. The summed E-state index contributed by atoms with van der Waals surface area (Å²) in [4.78, 5) is 7.15. The number of oxazole rings is 1. The molecule has 12 aromatic rings. The molecule has 0 N–H and O–H groups in total. The molecule has 282 valence electrons. The molecule has 0 saturated carbocycles. The lowest BCUT2D eigenvalue weighted by atomic mass is 9.98. The van der Waals surface area contributed by atoms with Crippen LogP contribution in [0.3, 0.4) is 0 Å². The van der Waals surface area contributed by atoms with Crippen molar-refractivity contribution in [1.29, 1.82) is 0 Å². The first-order valence-corrected chi connectivity index (χ1v) is 20.9. The molecular weight excluding hydrogens is 753 g/mol. The van der Waals surface area contributed by atoms with Gasteiger partial charge in [-0.05, 0) is 100 Å². The highest BCUT2D eigenvalue weighted by atomic mass is 32.1. The number of anilines is 3. The maximum absolute atomic E-state index is 6.46. The number of fused-ring (bicyclic) bond motifs is 7. The van der Waals surface area contributed by atoms with Crippen molar-refractivity contribution < 1.29 is 8.83 Å². The third-order valence-electron chi connectivity index (χ3n) is 11.5. The lowest BCUT2D eigenvalue weighted by Crippen LogP contribution is -2.10. The van der Waals surface area contributed by atoms with Crippen LogP contribution >= 0.6 is 11.3 Å². The molecule has 3 heterocycles. The Balaban J connectivity index is 0.965. The van der Waals surface area contributed by atoms with Gasteiger partial charge in [-0.2, -0.15) is 0 Å². The van der Waals surface area contributed by atoms with E-state index in [0.717, 1.165) is 66.8 Å². The molecule has 3 aromatic heterocycles. The van der Waals surface area contributed by atoms with Crippen LogP contribution in [0.15, 0.2) is 215 Å². The minimum absolute atomic E-state index is 0.598. The fourth-order valence-corrected chi connectivity index (χ4v) is 9.89. The Morgan fingerprint density at radius 3 is 1.82 bits per heavy atom. The molecule has 0 aliphatic carbocycles. The minimum Gasteiger partial charge on any atom is -0.456 e. The third-order valence-corrected chi connectivity index (χ3v) is 12.7. The standard InChI is InChI=1S/C55H34N2O2S/c1-3-12-35(13-4-1)36-24-28-40(29-25-36)57(42-17-9-16-39(32-42)44-20-10-21-46-45-18-7-8-23-52(45)60-54(44)46)41-30-26-37(27-31-41)43-19-11-22-49-53(43)47-33-51-48(34-50(47)58-49)56-55(59-51)38-14-5-2-6-15-38/h1-34H. The van der Waals surface area contributed by atoms with Crippen LogP contribution in [0.5, 0.6) is 0 Å². The fraction of sp³-hybridized carbons (Fsp3) is 0. The second-order valence-corrected chi connectivity index (χ2v) is 16.2. The van der Waals surface area contributed by atoms with Crippen molar-refractivity contribution in [2.24, 2.45) is 0 Å². The molecule has 4 nitrogen and oxygen atoms in total. The molecule has 0 unspecified atom stereocenters. The van der Waals surface area contributed by atoms with Crippen molar-refractivity contribution in [3.05, 3.63) is 206 Å². The van der Waals surface area contributed by atoms with Crippen LogP contribution in [0.2, 0.25) is 0 Å². The largest absolute Gasteiger partial charge is 0.456 e. The van der Waals surface area contributed by atoms with Gasteiger partial charge < -0.3 is 13.7 Å². The molecule has 0 amide bonds. The molecule has 0 atom stereocenters. The Morgan fingerprint density at radius 1 is 0.383 bits per heavy atom. The van der Waals surface area contributed by atoms with Crippen molar-refractivity contribution in [3.63, 3.8) is 0 Å². The van der Waals surface area contributed by atoms with E-state index in [-0.39, 0.29) is 0 Å². The van der Waals surface area contributed by atoms with Gasteiger partial charge in [0, 0.05) is 59.6 Å². The second-order valence-electron chi connectivity index (χ2n) is 15.1. The molecule has 0 radical (unpaired) electrons. The van der Waals surface area contributed by atoms with Crippen molar-refractivity contribution in [2.45, 2.75) is 0 Å². The Bertz CT molecular complexity index is 3530. The lowest BCUT2D eigenvalue weighted by Gasteiger charge is -2.26. The van der Waals surface area contributed by atoms with Gasteiger partial charge in [-0.3, -0.25) is 0 Å². The number of hydrogen-bond donors (Lipinski definition) is 0. The number of nitrogens with zero attached hydrogens (tertiary/aromatic N) is 2. The first kappa shape index (κ1) is 34.3. The summed E-state index contributed by atoms with van der Waals surface area (Å²) in [6.45, 7) is 0. The van der Waals surface area contributed by atoms with Crippen molar-refractivity contribution in [1.82, 2.24) is 4.98 Å². The van der Waals surface area contributed by atoms with Gasteiger partial charge in [-0.1, -0.05) is 133 Å². The maximum atomic E-state index is 6.46. The number of aromatic nitrogens is 1. The van der Waals surface area contributed by atoms with Gasteiger partial charge in [0.1, 0.15) is 16.7 Å². The molecule has 12 rings (SSSR count). The second kappa shape index (κ2) is 14.0. The zero-order chi connectivity index (χ0) is 39.6. The Hall–Kier alpha value is -7.73. The van der Waals surface area contributed by atoms with E-state index in [1.807, 2.05) is 53.8 Å². The summed E-state index contributed by atoms with van der Waals surface area (Å²) in [5.74, 6) is 0.598. The van der Waals surface area contributed by atoms with Gasteiger partial charge in [-0.25, -0.2) is 4.98 Å². The van der Waals surface area contributed by atoms with Crippen molar-refractivity contribution in [2.75, 3.05) is 4.90 Å². The van der Waals surface area contributed by atoms with Crippen LogP contribution in [-0.4, -0.2) is 4.98 Å². The SMILES string of the molecule is c1ccc(-c2ccc(N(c3ccc(-c4cccc5oc6cc7nc(-c8ccccc8)oc7cc6c45)cc3)c3cccc(-c4cccc5c4sc4ccccc45)c3)cc2)cc1. The van der Waals surface area contributed by atoms with Gasteiger partial charge in [0.25, 0.3) is 0 Å². The van der Waals surface area contributed by atoms with E-state index in [9.17, 15) is 0 Å². The van der Waals surface area contributed by atoms with Crippen molar-refractivity contribution in [3.8, 4) is 44.8 Å². The summed E-state index contributed by atoms with van der Waals surface area (Å²) in [5, 5.41) is 4.65. The van der Waals surface area contributed by atoms with E-state index in [2.05, 4.69) is 169 Å². The third kappa shape index (κ3) is 5.78. The highest BCUT2D eigenvalue weighted by Crippen LogP contribution is 2.44. The monoisotopic (exact) mass is 786 g/mol. The summed E-state index contributed by atoms with van der Waals surface area (Å²) >= 11 is 1.86. The molecular formula is C55H34N2O2S. The van der Waals surface area contributed by atoms with Crippen LogP contribution in [-0.2, 0) is 0 Å². The van der Waals surface area contributed by atoms with E-state index in [0.29, 0.717) is 5.89 Å². The number of furan rings is 1. The molecule has 60 heavy (non-hydrogen) atoms. The predicted molar refractivity (Wildman–Crippen MR) is 251 cm³/mol. The Kier molecular flexibility index (Phi) is 8.00. The average Bonchev–Trinajstić information content (AvgIpc) is 4.02. The summed E-state index contributed by atoms with van der Waals surface area (Å²) in [6, 6.07) is 72.9. The highest BCUT2D eigenvalue weighted by Gasteiger charge is 2.19. The van der Waals surface area contributed by atoms with E-state index >= 15 is 0 Å². The van der Waals surface area contributed by atoms with E-state index in [1.165, 1.54) is 42.4 Å². The van der Waals surface area contributed by atoms with Gasteiger partial charge in [0.05, 0.1) is 0 Å². The van der Waals surface area contributed by atoms with Crippen LogP contribution in [0.25, 0.3) is 98.0 Å². The van der Waals surface area contributed by atoms with Crippen LogP contribution in [0.1, 0.15) is 0 Å². The summed E-state index contributed by atoms with van der Waals surface area (Å²) in [7, 11) is 0. The van der Waals surface area contributed by atoms with E-state index in [1.54, 1.807) is 0 Å². The van der Waals surface area contributed by atoms with E-state index in [4.69, 9.17) is 13.8 Å². The van der Waals surface area contributed by atoms with Crippen molar-refractivity contribution >= 4 is 81.6 Å². The van der Waals surface area contributed by atoms with E-state index < -0.39 is 0 Å². The molecule has 9 aromatic carbocycles. The molecule has 0 spiro atoms. The van der Waals surface area contributed by atoms with Crippen LogP contribution in [0.4, 0.5) is 17.1 Å². The topological polar surface area (TPSA) is 42.4 Å². The number of rotatable bonds is 7. The number of hydrogen-bond acceptors (Lipinski definition) is 5. The quantitative estimate of drug-likeness (QED) is 0.161. The van der Waals surface area contributed by atoms with Gasteiger partial charge >= 0.3 is 0 Å². The molecule has 0 bridgehead atoms. The van der Waals surface area contributed by atoms with Crippen LogP contribution in [0, 0.1) is 0 Å². The molecule has 0 aliphatic heterocycles. The number of thiophene rings is 1. The predicted octanol–water partition coefficient (Wildman–Crippen LogP) is 16.2. The number of benzene rings is 9. The minimum atomic E-state index is 0.598. The summed E-state index contributed by atoms with van der Waals surface area (Å²) in [6.07, 6.45) is 0. The summed E-state index contributed by atoms with van der Waals surface area (Å²) in [5.41, 5.74) is 14.3.